The molecule has 1 unspecified atom stereocenters. The molecule has 7 nitrogen and oxygen atoms in total. The van der Waals surface area contributed by atoms with Gasteiger partial charge in [0.25, 0.3) is 0 Å². The zero-order valence-electron chi connectivity index (χ0n) is 23.0. The van der Waals surface area contributed by atoms with E-state index in [1.54, 1.807) is 6.20 Å². The second-order valence-electron chi connectivity index (χ2n) is 8.59. The fraction of sp³-hybridized carbons (Fsp3) is 0.517. The van der Waals surface area contributed by atoms with Crippen molar-refractivity contribution >= 4 is 0 Å². The smallest absolute Gasteiger partial charge is 0.162 e. The second-order valence-corrected chi connectivity index (χ2v) is 8.59. The van der Waals surface area contributed by atoms with Gasteiger partial charge in [-0.2, -0.15) is 0 Å². The van der Waals surface area contributed by atoms with E-state index in [2.05, 4.69) is 47.3 Å². The molecule has 0 spiro atoms. The van der Waals surface area contributed by atoms with Crippen LogP contribution in [0.5, 0.6) is 0 Å². The first-order chi connectivity index (χ1) is 17.4. The van der Waals surface area contributed by atoms with Gasteiger partial charge in [0.1, 0.15) is 11.9 Å². The molecule has 198 valence electrons. The Morgan fingerprint density at radius 1 is 1.36 bits per heavy atom. The lowest BCUT2D eigenvalue weighted by atomic mass is 10.0. The van der Waals surface area contributed by atoms with Crippen LogP contribution in [0.4, 0.5) is 0 Å². The molecule has 0 saturated carbocycles. The van der Waals surface area contributed by atoms with Crippen LogP contribution < -0.4 is 5.73 Å². The van der Waals surface area contributed by atoms with E-state index in [4.69, 9.17) is 15.4 Å². The minimum atomic E-state index is -0.134. The predicted octanol–water partition coefficient (Wildman–Crippen LogP) is 4.76. The Labute approximate surface area is 217 Å². The molecule has 2 aromatic rings. The standard InChI is InChI=1S/C20H24N4O.C7H15NO.C2H6/c1-5-16(8-7-15(3)4)9-10-17-13-19(25-23-17)18(14-21)24-12-11-22-20(24)6-2;1-7-5-8(6-7)3-2-4-9;1-2/h5,7-8,11-13,18H,3,6,14,21H2,1-2,4H3;7,9H,2-6H2,1H3;1-2H3/b8-7-,16-5+;;. The van der Waals surface area contributed by atoms with Gasteiger partial charge in [0.05, 0.1) is 0 Å². The van der Waals surface area contributed by atoms with Gasteiger partial charge in [-0.05, 0) is 38.2 Å². The van der Waals surface area contributed by atoms with Gasteiger partial charge in [-0.15, -0.1) is 0 Å². The van der Waals surface area contributed by atoms with Crippen molar-refractivity contribution in [3.05, 3.63) is 71.7 Å². The summed E-state index contributed by atoms with van der Waals surface area (Å²) in [5.74, 6) is 8.63. The van der Waals surface area contributed by atoms with Crippen molar-refractivity contribution in [2.24, 2.45) is 11.7 Å². The summed E-state index contributed by atoms with van der Waals surface area (Å²) in [6.45, 7) is 20.3. The summed E-state index contributed by atoms with van der Waals surface area (Å²) >= 11 is 0. The third-order valence-corrected chi connectivity index (χ3v) is 5.45. The lowest BCUT2D eigenvalue weighted by Crippen LogP contribution is -2.45. The van der Waals surface area contributed by atoms with Gasteiger partial charge in [0.2, 0.25) is 0 Å². The summed E-state index contributed by atoms with van der Waals surface area (Å²) in [4.78, 5) is 6.71. The molecule has 7 heteroatoms. The molecule has 3 N–H and O–H groups in total. The van der Waals surface area contributed by atoms with Crippen molar-refractivity contribution in [2.75, 3.05) is 32.8 Å². The number of allylic oxidation sites excluding steroid dienone is 5. The summed E-state index contributed by atoms with van der Waals surface area (Å²) < 4.78 is 7.49. The number of aliphatic hydroxyl groups excluding tert-OH is 1. The quantitative estimate of drug-likeness (QED) is 0.385. The summed E-state index contributed by atoms with van der Waals surface area (Å²) in [6.07, 6.45) is 11.2. The molecule has 0 bridgehead atoms. The molecule has 0 radical (unpaired) electrons. The number of hydrogen-bond donors (Lipinski definition) is 2. The Balaban J connectivity index is 0.000000491. The molecule has 0 aliphatic carbocycles. The normalized spacial score (nSPS) is 14.6. The van der Waals surface area contributed by atoms with Crippen LogP contribution in [0.1, 0.15) is 71.3 Å². The van der Waals surface area contributed by atoms with Crippen LogP contribution in [-0.2, 0) is 6.42 Å². The monoisotopic (exact) mass is 495 g/mol. The van der Waals surface area contributed by atoms with Crippen LogP contribution >= 0.6 is 0 Å². The molecular formula is C29H45N5O2. The van der Waals surface area contributed by atoms with E-state index >= 15 is 0 Å². The van der Waals surface area contributed by atoms with Crippen molar-refractivity contribution in [1.82, 2.24) is 19.6 Å². The van der Waals surface area contributed by atoms with Crippen molar-refractivity contribution in [2.45, 2.75) is 60.4 Å². The molecule has 1 atom stereocenters. The average molecular weight is 496 g/mol. The van der Waals surface area contributed by atoms with Crippen molar-refractivity contribution in [3.8, 4) is 11.8 Å². The van der Waals surface area contributed by atoms with Crippen LogP contribution in [0.15, 0.2) is 58.9 Å². The molecule has 3 rings (SSSR count). The van der Waals surface area contributed by atoms with E-state index in [9.17, 15) is 0 Å². The molecular weight excluding hydrogens is 450 g/mol. The molecule has 36 heavy (non-hydrogen) atoms. The highest BCUT2D eigenvalue weighted by Gasteiger charge is 2.21. The van der Waals surface area contributed by atoms with Crippen molar-refractivity contribution in [1.29, 1.82) is 0 Å². The minimum Gasteiger partial charge on any atom is -0.396 e. The number of aromatic nitrogens is 3. The van der Waals surface area contributed by atoms with Crippen LogP contribution in [0.2, 0.25) is 0 Å². The highest BCUT2D eigenvalue weighted by molar-refractivity contribution is 5.44. The van der Waals surface area contributed by atoms with Crippen LogP contribution in [0, 0.1) is 17.8 Å². The zero-order chi connectivity index (χ0) is 26.9. The maximum atomic E-state index is 8.47. The van der Waals surface area contributed by atoms with Crippen molar-refractivity contribution < 1.29 is 9.63 Å². The van der Waals surface area contributed by atoms with Crippen LogP contribution in [-0.4, -0.2) is 57.5 Å². The average Bonchev–Trinajstić information content (AvgIpc) is 3.53. The van der Waals surface area contributed by atoms with E-state index in [0.717, 1.165) is 42.3 Å². The lowest BCUT2D eigenvalue weighted by Gasteiger charge is -2.36. The highest BCUT2D eigenvalue weighted by Crippen LogP contribution is 2.20. The van der Waals surface area contributed by atoms with E-state index in [1.807, 2.05) is 62.8 Å². The minimum absolute atomic E-state index is 0.134. The van der Waals surface area contributed by atoms with E-state index < -0.39 is 0 Å². The number of imidazole rings is 1. The molecule has 1 fully saturated rings. The number of nitrogens with two attached hydrogens (primary N) is 1. The van der Waals surface area contributed by atoms with Gasteiger partial charge < -0.3 is 24.8 Å². The Morgan fingerprint density at radius 3 is 2.64 bits per heavy atom. The first-order valence-electron chi connectivity index (χ1n) is 12.9. The van der Waals surface area contributed by atoms with Gasteiger partial charge in [-0.25, -0.2) is 4.98 Å². The number of hydrogen-bond acceptors (Lipinski definition) is 6. The second kappa shape index (κ2) is 17.5. The van der Waals surface area contributed by atoms with Crippen molar-refractivity contribution in [3.63, 3.8) is 0 Å². The molecule has 0 aromatic carbocycles. The van der Waals surface area contributed by atoms with E-state index in [0.29, 0.717) is 24.6 Å². The molecule has 3 heterocycles. The third kappa shape index (κ3) is 10.4. The summed E-state index contributed by atoms with van der Waals surface area (Å²) in [6, 6.07) is 1.70. The van der Waals surface area contributed by atoms with Gasteiger partial charge in [0, 0.05) is 63.2 Å². The van der Waals surface area contributed by atoms with Gasteiger partial charge in [0.15, 0.2) is 11.5 Å². The predicted molar refractivity (Wildman–Crippen MR) is 149 cm³/mol. The fourth-order valence-corrected chi connectivity index (χ4v) is 3.66. The van der Waals surface area contributed by atoms with Gasteiger partial charge in [-0.3, -0.25) is 0 Å². The molecule has 1 saturated heterocycles. The number of aliphatic hydroxyl groups is 1. The summed E-state index contributed by atoms with van der Waals surface area (Å²) in [7, 11) is 0. The fourth-order valence-electron chi connectivity index (χ4n) is 3.66. The van der Waals surface area contributed by atoms with Gasteiger partial charge >= 0.3 is 0 Å². The topological polar surface area (TPSA) is 93.3 Å². The number of likely N-dealkylation sites (tertiary alicyclic amines) is 1. The molecule has 2 aromatic heterocycles. The third-order valence-electron chi connectivity index (χ3n) is 5.45. The van der Waals surface area contributed by atoms with Gasteiger partial charge in [-0.1, -0.05) is 63.1 Å². The lowest BCUT2D eigenvalue weighted by molar-refractivity contribution is 0.103. The first-order valence-corrected chi connectivity index (χ1v) is 12.9. The maximum Gasteiger partial charge on any atom is 0.162 e. The van der Waals surface area contributed by atoms with Crippen LogP contribution in [0.25, 0.3) is 0 Å². The maximum absolute atomic E-state index is 8.47. The molecule has 1 aliphatic rings. The first kappa shape index (κ1) is 31.1. The number of nitrogens with zero attached hydrogens (tertiary/aromatic N) is 4. The highest BCUT2D eigenvalue weighted by atomic mass is 16.5. The Kier molecular flexibility index (Phi) is 15.1. The Morgan fingerprint density at radius 2 is 2.08 bits per heavy atom. The summed E-state index contributed by atoms with van der Waals surface area (Å²) in [5, 5.41) is 12.5. The van der Waals surface area contributed by atoms with E-state index in [-0.39, 0.29) is 6.04 Å². The molecule has 0 amide bonds. The number of aryl methyl sites for hydroxylation is 1. The SMILES string of the molecule is C=C(C)/C=C\C(C#Cc1cc(C(CN)n2ccnc2CC)on1)=C/C.CC.CC1CN(CCCO)C1. The molecule has 1 aliphatic heterocycles. The Bertz CT molecular complexity index is 1020. The largest absolute Gasteiger partial charge is 0.396 e. The zero-order valence-corrected chi connectivity index (χ0v) is 23.0. The Hall–Kier alpha value is -2.92. The summed E-state index contributed by atoms with van der Waals surface area (Å²) in [5.41, 5.74) is 8.39. The number of rotatable bonds is 9. The van der Waals surface area contributed by atoms with E-state index in [1.165, 1.54) is 13.1 Å². The van der Waals surface area contributed by atoms with Crippen LogP contribution in [0.3, 0.4) is 0 Å².